The molecule has 0 bridgehead atoms. The molecule has 0 spiro atoms. The highest BCUT2D eigenvalue weighted by molar-refractivity contribution is 7.99. The summed E-state index contributed by atoms with van der Waals surface area (Å²) in [7, 11) is 1.92. The number of rotatable bonds is 7. The van der Waals surface area contributed by atoms with E-state index in [0.29, 0.717) is 10.8 Å². The van der Waals surface area contributed by atoms with Gasteiger partial charge in [-0.25, -0.2) is 4.98 Å². The third kappa shape index (κ3) is 4.90. The van der Waals surface area contributed by atoms with Gasteiger partial charge < -0.3 is 9.88 Å². The lowest BCUT2D eigenvalue weighted by Gasteiger charge is -2.19. The van der Waals surface area contributed by atoms with Crippen molar-refractivity contribution in [3.63, 3.8) is 0 Å². The zero-order valence-electron chi connectivity index (χ0n) is 14.4. The molecule has 26 heavy (non-hydrogen) atoms. The van der Waals surface area contributed by atoms with Gasteiger partial charge in [0.2, 0.25) is 5.91 Å². The Morgan fingerprint density at radius 3 is 2.58 bits per heavy atom. The molecule has 6 heteroatoms. The average molecular weight is 386 g/mol. The van der Waals surface area contributed by atoms with Crippen LogP contribution in [0.15, 0.2) is 67.0 Å². The molecule has 1 aromatic heterocycles. The van der Waals surface area contributed by atoms with E-state index in [9.17, 15) is 4.79 Å². The Kier molecular flexibility index (Phi) is 6.36. The standard InChI is InChI=1S/C20H20ClN3OS/c1-24-12-11-22-20(24)19(16-7-9-17(21)10-8-16)23-18(25)14-26-13-15-5-3-2-4-6-15/h2-12,19H,13-14H2,1H3,(H,23,25)/t19-/m1/s1. The number of aryl methyl sites for hydroxylation is 1. The van der Waals surface area contributed by atoms with Gasteiger partial charge in [-0.2, -0.15) is 0 Å². The van der Waals surface area contributed by atoms with Gasteiger partial charge in [0.1, 0.15) is 11.9 Å². The Labute approximate surface area is 162 Å². The first-order chi connectivity index (χ1) is 12.6. The number of thioether (sulfide) groups is 1. The van der Waals surface area contributed by atoms with Crippen molar-refractivity contribution in [2.24, 2.45) is 7.05 Å². The molecule has 0 aliphatic carbocycles. The van der Waals surface area contributed by atoms with Crippen LogP contribution < -0.4 is 5.32 Å². The first kappa shape index (κ1) is 18.5. The minimum absolute atomic E-state index is 0.0196. The summed E-state index contributed by atoms with van der Waals surface area (Å²) in [4.78, 5) is 16.9. The summed E-state index contributed by atoms with van der Waals surface area (Å²) < 4.78 is 1.91. The Hall–Kier alpha value is -2.24. The van der Waals surface area contributed by atoms with Crippen LogP contribution in [-0.4, -0.2) is 21.2 Å². The number of nitrogens with one attached hydrogen (secondary N) is 1. The SMILES string of the molecule is Cn1ccnc1[C@H](NC(=O)CSCc1ccccc1)c1ccc(Cl)cc1. The predicted molar refractivity (Wildman–Crippen MR) is 107 cm³/mol. The fraction of sp³-hybridized carbons (Fsp3) is 0.200. The van der Waals surface area contributed by atoms with Crippen LogP contribution in [0.2, 0.25) is 5.02 Å². The lowest BCUT2D eigenvalue weighted by Crippen LogP contribution is -2.32. The van der Waals surface area contributed by atoms with E-state index < -0.39 is 0 Å². The maximum Gasteiger partial charge on any atom is 0.230 e. The fourth-order valence-corrected chi connectivity index (χ4v) is 3.57. The lowest BCUT2D eigenvalue weighted by molar-refractivity contribution is -0.119. The Morgan fingerprint density at radius 2 is 1.92 bits per heavy atom. The molecule has 0 aliphatic rings. The lowest BCUT2D eigenvalue weighted by atomic mass is 10.1. The zero-order chi connectivity index (χ0) is 18.4. The molecule has 134 valence electrons. The van der Waals surface area contributed by atoms with Crippen LogP contribution in [0.1, 0.15) is 23.0 Å². The summed E-state index contributed by atoms with van der Waals surface area (Å²) in [5.41, 5.74) is 2.16. The normalized spacial score (nSPS) is 11.9. The quantitative estimate of drug-likeness (QED) is 0.662. The van der Waals surface area contributed by atoms with Gasteiger partial charge in [-0.05, 0) is 23.3 Å². The molecule has 2 aromatic carbocycles. The van der Waals surface area contributed by atoms with E-state index in [1.165, 1.54) is 5.56 Å². The molecule has 3 rings (SSSR count). The molecule has 0 unspecified atom stereocenters. The van der Waals surface area contributed by atoms with Crippen molar-refractivity contribution in [2.75, 3.05) is 5.75 Å². The van der Waals surface area contributed by atoms with Gasteiger partial charge in [-0.15, -0.1) is 11.8 Å². The molecule has 0 fully saturated rings. The number of carbonyl (C=O) groups is 1. The topological polar surface area (TPSA) is 46.9 Å². The molecule has 0 radical (unpaired) electrons. The molecule has 1 N–H and O–H groups in total. The van der Waals surface area contributed by atoms with Crippen LogP contribution in [-0.2, 0) is 17.6 Å². The van der Waals surface area contributed by atoms with Crippen LogP contribution in [0.4, 0.5) is 0 Å². The van der Waals surface area contributed by atoms with Crippen LogP contribution >= 0.6 is 23.4 Å². The van der Waals surface area contributed by atoms with Gasteiger partial charge in [0.05, 0.1) is 5.75 Å². The van der Waals surface area contributed by atoms with Gasteiger partial charge in [0.15, 0.2) is 0 Å². The summed E-state index contributed by atoms with van der Waals surface area (Å²) >= 11 is 7.59. The Balaban J connectivity index is 1.66. The van der Waals surface area contributed by atoms with E-state index in [1.54, 1.807) is 18.0 Å². The molecule has 0 saturated heterocycles. The van der Waals surface area contributed by atoms with Crippen molar-refractivity contribution in [3.05, 3.63) is 89.0 Å². The van der Waals surface area contributed by atoms with Crippen molar-refractivity contribution in [1.29, 1.82) is 0 Å². The number of carbonyl (C=O) groups excluding carboxylic acids is 1. The summed E-state index contributed by atoms with van der Waals surface area (Å²) in [5.74, 6) is 1.97. The van der Waals surface area contributed by atoms with Gasteiger partial charge in [0, 0.05) is 30.2 Å². The van der Waals surface area contributed by atoms with Crippen LogP contribution in [0.5, 0.6) is 0 Å². The number of imidazole rings is 1. The molecular weight excluding hydrogens is 366 g/mol. The highest BCUT2D eigenvalue weighted by atomic mass is 35.5. The third-order valence-corrected chi connectivity index (χ3v) is 5.23. The molecule has 0 saturated carbocycles. The number of nitrogens with zero attached hydrogens (tertiary/aromatic N) is 2. The monoisotopic (exact) mass is 385 g/mol. The van der Waals surface area contributed by atoms with Crippen molar-refractivity contribution >= 4 is 29.3 Å². The van der Waals surface area contributed by atoms with E-state index in [-0.39, 0.29) is 11.9 Å². The zero-order valence-corrected chi connectivity index (χ0v) is 16.0. The van der Waals surface area contributed by atoms with E-state index in [1.807, 2.05) is 60.3 Å². The molecular formula is C20H20ClN3OS. The average Bonchev–Trinajstić information content (AvgIpc) is 3.07. The number of aromatic nitrogens is 2. The van der Waals surface area contributed by atoms with Crippen molar-refractivity contribution in [1.82, 2.24) is 14.9 Å². The highest BCUT2D eigenvalue weighted by Gasteiger charge is 2.20. The number of benzene rings is 2. The van der Waals surface area contributed by atoms with Crippen molar-refractivity contribution in [2.45, 2.75) is 11.8 Å². The number of amides is 1. The number of hydrogen-bond donors (Lipinski definition) is 1. The largest absolute Gasteiger partial charge is 0.341 e. The highest BCUT2D eigenvalue weighted by Crippen LogP contribution is 2.22. The molecule has 1 heterocycles. The van der Waals surface area contributed by atoms with Crippen molar-refractivity contribution < 1.29 is 4.79 Å². The number of halogens is 1. The summed E-state index contributed by atoms with van der Waals surface area (Å²) in [6.45, 7) is 0. The second-order valence-corrected chi connectivity index (χ2v) is 7.35. The van der Waals surface area contributed by atoms with Gasteiger partial charge >= 0.3 is 0 Å². The first-order valence-corrected chi connectivity index (χ1v) is 9.80. The van der Waals surface area contributed by atoms with Gasteiger partial charge in [-0.3, -0.25) is 4.79 Å². The smallest absolute Gasteiger partial charge is 0.230 e. The number of hydrogen-bond acceptors (Lipinski definition) is 3. The molecule has 3 aromatic rings. The van der Waals surface area contributed by atoms with Gasteiger partial charge in [-0.1, -0.05) is 54.1 Å². The maximum atomic E-state index is 12.5. The van der Waals surface area contributed by atoms with Crippen molar-refractivity contribution in [3.8, 4) is 0 Å². The van der Waals surface area contributed by atoms with E-state index in [0.717, 1.165) is 17.1 Å². The second-order valence-electron chi connectivity index (χ2n) is 5.93. The molecule has 1 atom stereocenters. The summed E-state index contributed by atoms with van der Waals surface area (Å²) in [5, 5.41) is 3.76. The summed E-state index contributed by atoms with van der Waals surface area (Å²) in [6.07, 6.45) is 3.60. The Bertz CT molecular complexity index is 849. The molecule has 0 aliphatic heterocycles. The van der Waals surface area contributed by atoms with Gasteiger partial charge in [0.25, 0.3) is 0 Å². The van der Waals surface area contributed by atoms with E-state index in [4.69, 9.17) is 11.6 Å². The first-order valence-electron chi connectivity index (χ1n) is 8.27. The van der Waals surface area contributed by atoms with Crippen LogP contribution in [0.25, 0.3) is 0 Å². The maximum absolute atomic E-state index is 12.5. The second kappa shape index (κ2) is 8.92. The summed E-state index contributed by atoms with van der Waals surface area (Å²) in [6, 6.07) is 17.3. The fourth-order valence-electron chi connectivity index (χ4n) is 2.65. The molecule has 1 amide bonds. The van der Waals surface area contributed by atoms with E-state index >= 15 is 0 Å². The van der Waals surface area contributed by atoms with Crippen LogP contribution in [0, 0.1) is 0 Å². The minimum atomic E-state index is -0.308. The minimum Gasteiger partial charge on any atom is -0.341 e. The van der Waals surface area contributed by atoms with Crippen LogP contribution in [0.3, 0.4) is 0 Å². The predicted octanol–water partition coefficient (Wildman–Crippen LogP) is 4.21. The molecule has 4 nitrogen and oxygen atoms in total. The third-order valence-electron chi connectivity index (χ3n) is 3.97. The Morgan fingerprint density at radius 1 is 1.19 bits per heavy atom. The van der Waals surface area contributed by atoms with E-state index in [2.05, 4.69) is 22.4 Å².